The van der Waals surface area contributed by atoms with Crippen LogP contribution in [0.1, 0.15) is 20.3 Å². The molecule has 6 heteroatoms. The lowest BCUT2D eigenvalue weighted by molar-refractivity contribution is 0.108. The molecule has 3 aromatic rings. The van der Waals surface area contributed by atoms with Crippen molar-refractivity contribution in [1.29, 1.82) is 0 Å². The third kappa shape index (κ3) is 4.69. The second-order valence-electron chi connectivity index (χ2n) is 7.67. The third-order valence-corrected chi connectivity index (χ3v) is 6.54. The van der Waals surface area contributed by atoms with E-state index in [1.807, 2.05) is 12.3 Å². The highest BCUT2D eigenvalue weighted by Crippen LogP contribution is 2.32. The molecule has 28 heavy (non-hydrogen) atoms. The number of benzene rings is 1. The van der Waals surface area contributed by atoms with Crippen molar-refractivity contribution in [3.63, 3.8) is 0 Å². The van der Waals surface area contributed by atoms with Gasteiger partial charge in [0.15, 0.2) is 0 Å². The Kier molecular flexibility index (Phi) is 6.20. The van der Waals surface area contributed by atoms with Crippen LogP contribution in [0.25, 0.3) is 20.7 Å². The minimum atomic E-state index is 0.661. The molecule has 148 valence electrons. The van der Waals surface area contributed by atoms with Crippen LogP contribution in [0, 0.1) is 0 Å². The summed E-state index contributed by atoms with van der Waals surface area (Å²) in [5.41, 5.74) is 0.989. The van der Waals surface area contributed by atoms with E-state index in [0.717, 1.165) is 31.2 Å². The fourth-order valence-electron chi connectivity index (χ4n) is 3.70. The molecular weight excluding hydrogens is 366 g/mol. The van der Waals surface area contributed by atoms with Crippen LogP contribution >= 0.6 is 11.3 Å². The standard InChI is InChI=1S/C22H29N5S/c1-17(2)27-14-12-26(13-15-27)11-5-9-23-22-24-10-8-19(25-22)21-16-18-6-3-4-7-20(18)28-21/h3-4,6-8,10,16-17H,5,9,11-15H2,1-2H3,(H,23,24,25). The molecule has 0 aliphatic carbocycles. The van der Waals surface area contributed by atoms with Gasteiger partial charge in [-0.05, 0) is 50.4 Å². The van der Waals surface area contributed by atoms with Crippen molar-refractivity contribution >= 4 is 27.4 Å². The zero-order chi connectivity index (χ0) is 19.3. The molecule has 0 radical (unpaired) electrons. The topological polar surface area (TPSA) is 44.3 Å². The highest BCUT2D eigenvalue weighted by molar-refractivity contribution is 7.22. The van der Waals surface area contributed by atoms with E-state index in [0.29, 0.717) is 6.04 Å². The van der Waals surface area contributed by atoms with Gasteiger partial charge in [-0.2, -0.15) is 0 Å². The lowest BCUT2D eigenvalue weighted by Crippen LogP contribution is -2.49. The fourth-order valence-corrected chi connectivity index (χ4v) is 4.73. The molecule has 1 aliphatic heterocycles. The summed E-state index contributed by atoms with van der Waals surface area (Å²) in [5.74, 6) is 0.722. The summed E-state index contributed by atoms with van der Waals surface area (Å²) < 4.78 is 1.29. The van der Waals surface area contributed by atoms with Crippen LogP contribution in [0.2, 0.25) is 0 Å². The lowest BCUT2D eigenvalue weighted by Gasteiger charge is -2.36. The molecule has 2 aromatic heterocycles. The maximum absolute atomic E-state index is 4.72. The molecule has 0 spiro atoms. The Morgan fingerprint density at radius 1 is 1.11 bits per heavy atom. The Balaban J connectivity index is 1.27. The number of anilines is 1. The summed E-state index contributed by atoms with van der Waals surface area (Å²) >= 11 is 1.78. The molecule has 0 atom stereocenters. The minimum absolute atomic E-state index is 0.661. The molecule has 5 nitrogen and oxygen atoms in total. The van der Waals surface area contributed by atoms with Crippen LogP contribution in [0.3, 0.4) is 0 Å². The van der Waals surface area contributed by atoms with Gasteiger partial charge in [-0.3, -0.25) is 4.90 Å². The smallest absolute Gasteiger partial charge is 0.223 e. The number of aromatic nitrogens is 2. The molecule has 0 saturated carbocycles. The Morgan fingerprint density at radius 3 is 2.71 bits per heavy atom. The predicted molar refractivity (Wildman–Crippen MR) is 119 cm³/mol. The Hall–Kier alpha value is -2.02. The zero-order valence-electron chi connectivity index (χ0n) is 16.8. The zero-order valence-corrected chi connectivity index (χ0v) is 17.6. The SMILES string of the molecule is CC(C)N1CCN(CCCNc2nccc(-c3cc4ccccc4s3)n2)CC1. The van der Waals surface area contributed by atoms with Crippen molar-refractivity contribution in [1.82, 2.24) is 19.8 Å². The monoisotopic (exact) mass is 395 g/mol. The van der Waals surface area contributed by atoms with Crippen molar-refractivity contribution in [2.75, 3.05) is 44.6 Å². The first kappa shape index (κ1) is 19.3. The van der Waals surface area contributed by atoms with Crippen LogP contribution in [0.15, 0.2) is 42.6 Å². The molecule has 1 aromatic carbocycles. The number of hydrogen-bond acceptors (Lipinski definition) is 6. The second-order valence-corrected chi connectivity index (χ2v) is 8.75. The van der Waals surface area contributed by atoms with E-state index in [9.17, 15) is 0 Å². The Morgan fingerprint density at radius 2 is 1.93 bits per heavy atom. The van der Waals surface area contributed by atoms with Crippen molar-refractivity contribution in [2.45, 2.75) is 26.3 Å². The lowest BCUT2D eigenvalue weighted by atomic mass is 10.2. The van der Waals surface area contributed by atoms with E-state index < -0.39 is 0 Å². The molecular formula is C22H29N5S. The van der Waals surface area contributed by atoms with E-state index in [1.165, 1.54) is 41.1 Å². The molecule has 1 aliphatic rings. The van der Waals surface area contributed by atoms with Gasteiger partial charge in [0, 0.05) is 49.7 Å². The number of thiophene rings is 1. The molecule has 4 rings (SSSR count). The van der Waals surface area contributed by atoms with E-state index >= 15 is 0 Å². The highest BCUT2D eigenvalue weighted by atomic mass is 32.1. The molecule has 0 bridgehead atoms. The number of nitrogens with one attached hydrogen (secondary N) is 1. The summed E-state index contributed by atoms with van der Waals surface area (Å²) in [6.45, 7) is 11.3. The quantitative estimate of drug-likeness (QED) is 0.608. The molecule has 0 unspecified atom stereocenters. The molecule has 1 N–H and O–H groups in total. The number of nitrogens with zero attached hydrogens (tertiary/aromatic N) is 4. The van der Waals surface area contributed by atoms with Crippen molar-refractivity contribution in [2.24, 2.45) is 0 Å². The van der Waals surface area contributed by atoms with Gasteiger partial charge in [-0.25, -0.2) is 9.97 Å². The van der Waals surface area contributed by atoms with Crippen LogP contribution in [-0.2, 0) is 0 Å². The summed E-state index contributed by atoms with van der Waals surface area (Å²) in [6.07, 6.45) is 2.96. The van der Waals surface area contributed by atoms with E-state index in [-0.39, 0.29) is 0 Å². The Labute approximate surface area is 171 Å². The molecule has 1 fully saturated rings. The van der Waals surface area contributed by atoms with Gasteiger partial charge < -0.3 is 10.2 Å². The fraction of sp³-hybridized carbons (Fsp3) is 0.455. The Bertz CT molecular complexity index is 866. The van der Waals surface area contributed by atoms with Gasteiger partial charge in [0.05, 0.1) is 10.6 Å². The van der Waals surface area contributed by atoms with Gasteiger partial charge in [-0.15, -0.1) is 11.3 Å². The van der Waals surface area contributed by atoms with Crippen molar-refractivity contribution in [3.8, 4) is 10.6 Å². The van der Waals surface area contributed by atoms with Crippen LogP contribution in [-0.4, -0.2) is 65.1 Å². The average molecular weight is 396 g/mol. The van der Waals surface area contributed by atoms with Crippen LogP contribution in [0.5, 0.6) is 0 Å². The van der Waals surface area contributed by atoms with E-state index in [2.05, 4.69) is 64.3 Å². The normalized spacial score (nSPS) is 16.1. The van der Waals surface area contributed by atoms with E-state index in [1.54, 1.807) is 11.3 Å². The number of rotatable bonds is 7. The largest absolute Gasteiger partial charge is 0.354 e. The minimum Gasteiger partial charge on any atom is -0.354 e. The first-order valence-corrected chi connectivity index (χ1v) is 11.0. The van der Waals surface area contributed by atoms with Crippen molar-refractivity contribution in [3.05, 3.63) is 42.6 Å². The first-order valence-electron chi connectivity index (χ1n) is 10.2. The maximum atomic E-state index is 4.72. The average Bonchev–Trinajstić information content (AvgIpc) is 3.16. The predicted octanol–water partition coefficient (Wildman–Crippen LogP) is 4.19. The first-order chi connectivity index (χ1) is 13.7. The second kappa shape index (κ2) is 8.99. The summed E-state index contributed by atoms with van der Waals surface area (Å²) in [4.78, 5) is 15.4. The van der Waals surface area contributed by atoms with Gasteiger partial charge in [0.2, 0.25) is 5.95 Å². The van der Waals surface area contributed by atoms with Gasteiger partial charge in [0.1, 0.15) is 0 Å². The summed E-state index contributed by atoms with van der Waals surface area (Å²) in [5, 5.41) is 4.67. The summed E-state index contributed by atoms with van der Waals surface area (Å²) in [7, 11) is 0. The summed E-state index contributed by atoms with van der Waals surface area (Å²) in [6, 6.07) is 13.3. The van der Waals surface area contributed by atoms with Crippen molar-refractivity contribution < 1.29 is 0 Å². The maximum Gasteiger partial charge on any atom is 0.223 e. The number of fused-ring (bicyclic) bond motifs is 1. The van der Waals surface area contributed by atoms with Crippen LogP contribution < -0.4 is 5.32 Å². The van der Waals surface area contributed by atoms with Crippen LogP contribution in [0.4, 0.5) is 5.95 Å². The highest BCUT2D eigenvalue weighted by Gasteiger charge is 2.18. The molecule has 3 heterocycles. The van der Waals surface area contributed by atoms with E-state index in [4.69, 9.17) is 4.98 Å². The number of piperazine rings is 1. The third-order valence-electron chi connectivity index (χ3n) is 5.40. The number of hydrogen-bond donors (Lipinski definition) is 1. The van der Waals surface area contributed by atoms with Gasteiger partial charge in [-0.1, -0.05) is 18.2 Å². The van der Waals surface area contributed by atoms with Gasteiger partial charge >= 0.3 is 0 Å². The molecule has 0 amide bonds. The van der Waals surface area contributed by atoms with Gasteiger partial charge in [0.25, 0.3) is 0 Å². The molecule has 1 saturated heterocycles.